The third kappa shape index (κ3) is 4.97. The summed E-state index contributed by atoms with van der Waals surface area (Å²) in [7, 11) is 0. The van der Waals surface area contributed by atoms with Gasteiger partial charge in [-0.05, 0) is 56.4 Å². The minimum Gasteiger partial charge on any atom is -0.327 e. The van der Waals surface area contributed by atoms with Crippen molar-refractivity contribution in [2.75, 3.05) is 4.90 Å². The number of Topliss-reactive ketones (excluding diaryl/α,β-unsaturated/α-hetero) is 1. The summed E-state index contributed by atoms with van der Waals surface area (Å²) in [6.45, 7) is 4.39. The number of carbonyl (C=O) groups is 2. The minimum absolute atomic E-state index is 0.00940. The van der Waals surface area contributed by atoms with E-state index in [2.05, 4.69) is 34.3 Å². The Balaban J connectivity index is 1.25. The van der Waals surface area contributed by atoms with E-state index >= 15 is 0 Å². The van der Waals surface area contributed by atoms with Crippen molar-refractivity contribution in [1.82, 2.24) is 29.7 Å². The molecule has 6 rings (SSSR count). The van der Waals surface area contributed by atoms with Gasteiger partial charge in [0.2, 0.25) is 0 Å². The molecule has 13 heteroatoms. The van der Waals surface area contributed by atoms with Crippen LogP contribution in [0.5, 0.6) is 0 Å². The highest BCUT2D eigenvalue weighted by Crippen LogP contribution is 2.40. The van der Waals surface area contributed by atoms with Crippen LogP contribution in [0.4, 0.5) is 28.2 Å². The summed E-state index contributed by atoms with van der Waals surface area (Å²) in [4.78, 5) is 31.8. The Bertz CT molecular complexity index is 1460. The molecule has 3 aromatic heterocycles. The summed E-state index contributed by atoms with van der Waals surface area (Å²) in [5.74, 6) is -2.22. The lowest BCUT2D eigenvalue weighted by atomic mass is 9.80. The molecule has 2 saturated carbocycles. The Morgan fingerprint density at radius 2 is 1.93 bits per heavy atom. The van der Waals surface area contributed by atoms with Gasteiger partial charge in [0.1, 0.15) is 17.6 Å². The lowest BCUT2D eigenvalue weighted by Gasteiger charge is -2.34. The van der Waals surface area contributed by atoms with Crippen LogP contribution in [0.2, 0.25) is 0 Å². The van der Waals surface area contributed by atoms with E-state index in [9.17, 15) is 27.2 Å². The maximum atomic E-state index is 14.5. The summed E-state index contributed by atoms with van der Waals surface area (Å²) in [5, 5.41) is 10.7. The molecule has 3 aromatic rings. The molecule has 4 heterocycles. The summed E-state index contributed by atoms with van der Waals surface area (Å²) in [5.41, 5.74) is -0.0585. The first-order chi connectivity index (χ1) is 19.5. The number of ketones is 1. The van der Waals surface area contributed by atoms with Crippen LogP contribution in [0.15, 0.2) is 24.7 Å². The van der Waals surface area contributed by atoms with Crippen LogP contribution < -0.4 is 10.2 Å². The molecule has 1 saturated heterocycles. The summed E-state index contributed by atoms with van der Waals surface area (Å²) in [6, 6.07) is -1.29. The van der Waals surface area contributed by atoms with E-state index in [1.54, 1.807) is 10.9 Å². The van der Waals surface area contributed by atoms with Crippen LogP contribution in [-0.2, 0) is 6.42 Å². The van der Waals surface area contributed by atoms with Crippen molar-refractivity contribution in [1.29, 1.82) is 0 Å². The number of fused-ring (bicyclic) bond motifs is 2. The number of rotatable bonds is 7. The molecule has 0 spiro atoms. The normalized spacial score (nSPS) is 26.1. The zero-order valence-electron chi connectivity index (χ0n) is 22.9. The Kier molecular flexibility index (Phi) is 7.01. The second-order valence-corrected chi connectivity index (χ2v) is 11.9. The van der Waals surface area contributed by atoms with Gasteiger partial charge in [0.05, 0.1) is 23.8 Å². The Labute approximate surface area is 234 Å². The predicted molar refractivity (Wildman–Crippen MR) is 141 cm³/mol. The average molecular weight is 576 g/mol. The summed E-state index contributed by atoms with van der Waals surface area (Å²) in [6.07, 6.45) is 5.24. The molecular weight excluding hydrogens is 542 g/mol. The second-order valence-electron chi connectivity index (χ2n) is 11.9. The van der Waals surface area contributed by atoms with Crippen LogP contribution in [0.3, 0.4) is 0 Å². The first-order valence-corrected chi connectivity index (χ1v) is 14.2. The molecule has 2 amide bonds. The maximum Gasteiger partial charge on any atom is 0.323 e. The van der Waals surface area contributed by atoms with E-state index in [0.29, 0.717) is 18.3 Å². The van der Waals surface area contributed by atoms with E-state index in [1.807, 2.05) is 0 Å². The summed E-state index contributed by atoms with van der Waals surface area (Å²) >= 11 is 0. The van der Waals surface area contributed by atoms with Gasteiger partial charge in [0.15, 0.2) is 11.4 Å². The van der Waals surface area contributed by atoms with Crippen LogP contribution in [0.1, 0.15) is 92.9 Å². The maximum absolute atomic E-state index is 14.5. The van der Waals surface area contributed by atoms with Gasteiger partial charge < -0.3 is 5.32 Å². The van der Waals surface area contributed by atoms with Crippen LogP contribution in [-0.4, -0.2) is 54.2 Å². The van der Waals surface area contributed by atoms with Crippen molar-refractivity contribution < 1.29 is 27.2 Å². The molecule has 0 unspecified atom stereocenters. The minimum atomic E-state index is -3.03. The Morgan fingerprint density at radius 1 is 1.17 bits per heavy atom. The lowest BCUT2D eigenvalue weighted by molar-refractivity contribution is -0.0595. The van der Waals surface area contributed by atoms with Gasteiger partial charge in [-0.3, -0.25) is 14.4 Å². The van der Waals surface area contributed by atoms with E-state index in [0.717, 1.165) is 25.7 Å². The number of hydrogen-bond donors (Lipinski definition) is 1. The molecule has 220 valence electrons. The van der Waals surface area contributed by atoms with Crippen molar-refractivity contribution in [3.8, 4) is 0 Å². The number of alkyl halides is 4. The van der Waals surface area contributed by atoms with E-state index in [-0.39, 0.29) is 47.9 Å². The fourth-order valence-corrected chi connectivity index (χ4v) is 6.70. The fraction of sp³-hybridized carbons (Fsp3) is 0.607. The van der Waals surface area contributed by atoms with E-state index in [1.165, 1.54) is 27.9 Å². The number of halogens is 4. The zero-order chi connectivity index (χ0) is 29.1. The molecule has 0 radical (unpaired) electrons. The van der Waals surface area contributed by atoms with E-state index in [4.69, 9.17) is 0 Å². The van der Waals surface area contributed by atoms with Gasteiger partial charge in [-0.1, -0.05) is 13.8 Å². The van der Waals surface area contributed by atoms with Gasteiger partial charge in [-0.2, -0.15) is 10.2 Å². The fourth-order valence-electron chi connectivity index (χ4n) is 6.70. The molecule has 2 aliphatic carbocycles. The molecule has 0 bridgehead atoms. The third-order valence-electron chi connectivity index (χ3n) is 9.04. The molecule has 3 fully saturated rings. The standard InChI is InChI=1S/C28H33F4N7O2/c1-15(2)16-5-7-18(8-6-16)38-14-17(23(36-38)25(29)30)12-21(40)19-13-33-37-11-9-22(34-26(19)37)39-20-4-3-10-28(31,32)24(20)35-27(39)41/h9,11,13-16,18,20,24-25H,3-8,10,12H2,1-2H3,(H,35,41)/t16?,18?,20-,24-/m1/s1. The quantitative estimate of drug-likeness (QED) is 0.285. The monoisotopic (exact) mass is 575 g/mol. The third-order valence-corrected chi connectivity index (χ3v) is 9.04. The van der Waals surface area contributed by atoms with Gasteiger partial charge in [-0.15, -0.1) is 0 Å². The van der Waals surface area contributed by atoms with E-state index < -0.39 is 41.9 Å². The Hall–Kier alpha value is -3.51. The first kappa shape index (κ1) is 27.6. The molecule has 1 aliphatic heterocycles. The molecule has 41 heavy (non-hydrogen) atoms. The van der Waals surface area contributed by atoms with Crippen molar-refractivity contribution in [3.05, 3.63) is 41.5 Å². The van der Waals surface area contributed by atoms with Crippen molar-refractivity contribution >= 4 is 23.3 Å². The van der Waals surface area contributed by atoms with Crippen LogP contribution in [0, 0.1) is 11.8 Å². The summed E-state index contributed by atoms with van der Waals surface area (Å²) < 4.78 is 59.8. The smallest absolute Gasteiger partial charge is 0.323 e. The highest BCUT2D eigenvalue weighted by atomic mass is 19.3. The van der Waals surface area contributed by atoms with Crippen molar-refractivity contribution in [2.45, 2.75) is 95.7 Å². The number of nitrogens with zero attached hydrogens (tertiary/aromatic N) is 6. The number of aromatic nitrogens is 5. The first-order valence-electron chi connectivity index (χ1n) is 14.2. The highest BCUT2D eigenvalue weighted by molar-refractivity contribution is 6.03. The predicted octanol–water partition coefficient (Wildman–Crippen LogP) is 5.76. The molecule has 3 aliphatic rings. The lowest BCUT2D eigenvalue weighted by Crippen LogP contribution is -2.51. The number of hydrogen-bond acceptors (Lipinski definition) is 5. The molecule has 9 nitrogen and oxygen atoms in total. The van der Waals surface area contributed by atoms with Crippen molar-refractivity contribution in [3.63, 3.8) is 0 Å². The molecular formula is C28H33F4N7O2. The number of amides is 2. The molecule has 1 N–H and O–H groups in total. The second kappa shape index (κ2) is 10.4. The van der Waals surface area contributed by atoms with Gasteiger partial charge in [0, 0.05) is 30.8 Å². The zero-order valence-corrected chi connectivity index (χ0v) is 22.9. The van der Waals surface area contributed by atoms with Crippen molar-refractivity contribution in [2.24, 2.45) is 11.8 Å². The van der Waals surface area contributed by atoms with Crippen LogP contribution in [0.25, 0.3) is 5.65 Å². The van der Waals surface area contributed by atoms with Gasteiger partial charge in [-0.25, -0.2) is 31.9 Å². The van der Waals surface area contributed by atoms with Gasteiger partial charge >= 0.3 is 6.03 Å². The number of urea groups is 1. The molecule has 0 aromatic carbocycles. The number of anilines is 1. The van der Waals surface area contributed by atoms with Gasteiger partial charge in [0.25, 0.3) is 12.3 Å². The topological polar surface area (TPSA) is 97.4 Å². The molecule has 2 atom stereocenters. The Morgan fingerprint density at radius 3 is 2.63 bits per heavy atom. The average Bonchev–Trinajstić information content (AvgIpc) is 3.63. The highest BCUT2D eigenvalue weighted by Gasteiger charge is 2.55. The number of carbonyl (C=O) groups excluding carboxylic acids is 2. The van der Waals surface area contributed by atoms with Crippen LogP contribution >= 0.6 is 0 Å². The largest absolute Gasteiger partial charge is 0.327 e. The SMILES string of the molecule is CC(C)C1CCC(n2cc(CC(=O)c3cnn4ccc(N5C(=O)N[C@@H]6[C@H]5CCCC6(F)F)nc34)c(C(F)F)n2)CC1. The number of nitrogens with one attached hydrogen (secondary N) is 1.